The molecule has 22 heavy (non-hydrogen) atoms. The zero-order chi connectivity index (χ0) is 15.9. The summed E-state index contributed by atoms with van der Waals surface area (Å²) in [7, 11) is 2.52. The van der Waals surface area contributed by atoms with Crippen molar-refractivity contribution >= 4 is 33.9 Å². The molecule has 0 radical (unpaired) electrons. The first-order chi connectivity index (χ1) is 10.6. The predicted octanol–water partition coefficient (Wildman–Crippen LogP) is 2.76. The standard InChI is InChI=1S/C16H13BrO5/c1-20-15(18)12-11-5-3-8-7-9(17)4-6-10(8)13(11)22-14(12)16(19)21-2/h3-7,11,13H,1-2H3/t11-,13-/m1/s1. The smallest absolute Gasteiger partial charge is 0.373 e. The van der Waals surface area contributed by atoms with E-state index in [0.29, 0.717) is 0 Å². The summed E-state index contributed by atoms with van der Waals surface area (Å²) in [6.45, 7) is 0. The fourth-order valence-corrected chi connectivity index (χ4v) is 3.15. The van der Waals surface area contributed by atoms with Crippen LogP contribution < -0.4 is 0 Å². The van der Waals surface area contributed by atoms with Crippen LogP contribution in [0.3, 0.4) is 0 Å². The van der Waals surface area contributed by atoms with E-state index in [1.807, 2.05) is 30.4 Å². The van der Waals surface area contributed by atoms with Crippen LogP contribution in [0.1, 0.15) is 17.2 Å². The molecule has 3 rings (SSSR count). The van der Waals surface area contributed by atoms with Crippen molar-refractivity contribution in [1.82, 2.24) is 0 Å². The molecule has 1 aliphatic carbocycles. The van der Waals surface area contributed by atoms with Gasteiger partial charge >= 0.3 is 11.9 Å². The largest absolute Gasteiger partial charge is 0.477 e. The molecule has 1 aromatic carbocycles. The Bertz CT molecular complexity index is 719. The molecule has 1 aromatic rings. The first kappa shape index (κ1) is 14.8. The third kappa shape index (κ3) is 2.23. The Morgan fingerprint density at radius 2 is 1.91 bits per heavy atom. The third-order valence-electron chi connectivity index (χ3n) is 3.76. The van der Waals surface area contributed by atoms with Crippen LogP contribution in [-0.4, -0.2) is 26.2 Å². The molecule has 2 atom stereocenters. The maximum Gasteiger partial charge on any atom is 0.373 e. The van der Waals surface area contributed by atoms with E-state index >= 15 is 0 Å². The van der Waals surface area contributed by atoms with Crippen molar-refractivity contribution in [2.24, 2.45) is 5.92 Å². The monoisotopic (exact) mass is 364 g/mol. The second-order valence-electron chi connectivity index (χ2n) is 4.92. The SMILES string of the molecule is COC(=O)C1=C(C(=O)OC)[C@H]2C=Cc3cc(Br)ccc3[C@H]2O1. The predicted molar refractivity (Wildman–Crippen MR) is 81.6 cm³/mol. The molecule has 6 heteroatoms. The lowest BCUT2D eigenvalue weighted by molar-refractivity contribution is -0.142. The Hall–Kier alpha value is -2.08. The number of hydrogen-bond acceptors (Lipinski definition) is 5. The highest BCUT2D eigenvalue weighted by molar-refractivity contribution is 9.10. The average molecular weight is 365 g/mol. The molecule has 2 aliphatic rings. The van der Waals surface area contributed by atoms with Gasteiger partial charge in [0.05, 0.1) is 25.7 Å². The van der Waals surface area contributed by atoms with E-state index in [2.05, 4.69) is 15.9 Å². The van der Waals surface area contributed by atoms with Crippen molar-refractivity contribution in [3.8, 4) is 0 Å². The number of carbonyl (C=O) groups is 2. The highest BCUT2D eigenvalue weighted by Crippen LogP contribution is 2.47. The summed E-state index contributed by atoms with van der Waals surface area (Å²) in [6.07, 6.45) is 3.33. The first-order valence-electron chi connectivity index (χ1n) is 6.62. The summed E-state index contributed by atoms with van der Waals surface area (Å²) >= 11 is 3.42. The van der Waals surface area contributed by atoms with Gasteiger partial charge in [-0.3, -0.25) is 0 Å². The Kier molecular flexibility index (Phi) is 3.78. The summed E-state index contributed by atoms with van der Waals surface area (Å²) in [5.74, 6) is -1.71. The van der Waals surface area contributed by atoms with Crippen molar-refractivity contribution < 1.29 is 23.8 Å². The summed E-state index contributed by atoms with van der Waals surface area (Å²) in [5, 5.41) is 0. The van der Waals surface area contributed by atoms with Gasteiger partial charge in [0.15, 0.2) is 0 Å². The molecule has 1 aliphatic heterocycles. The quantitative estimate of drug-likeness (QED) is 0.755. The Morgan fingerprint density at radius 3 is 2.59 bits per heavy atom. The minimum atomic E-state index is -0.679. The Balaban J connectivity index is 2.08. The molecule has 0 amide bonds. The van der Waals surface area contributed by atoms with E-state index in [-0.39, 0.29) is 17.3 Å². The molecule has 114 valence electrons. The van der Waals surface area contributed by atoms with Gasteiger partial charge in [-0.15, -0.1) is 0 Å². The summed E-state index contributed by atoms with van der Waals surface area (Å²) in [4.78, 5) is 24.0. The number of halogens is 1. The van der Waals surface area contributed by atoms with Crippen LogP contribution in [0.25, 0.3) is 6.08 Å². The number of fused-ring (bicyclic) bond motifs is 3. The van der Waals surface area contributed by atoms with Crippen LogP contribution in [-0.2, 0) is 23.8 Å². The van der Waals surface area contributed by atoms with Gasteiger partial charge in [0.2, 0.25) is 5.76 Å². The fourth-order valence-electron chi connectivity index (χ4n) is 2.77. The van der Waals surface area contributed by atoms with Gasteiger partial charge in [-0.2, -0.15) is 0 Å². The molecule has 0 saturated heterocycles. The van der Waals surface area contributed by atoms with Gasteiger partial charge in [-0.1, -0.05) is 34.1 Å². The topological polar surface area (TPSA) is 61.8 Å². The molecule has 0 saturated carbocycles. The number of ether oxygens (including phenoxy) is 3. The van der Waals surface area contributed by atoms with Crippen LogP contribution >= 0.6 is 15.9 Å². The molecule has 0 spiro atoms. The van der Waals surface area contributed by atoms with Gasteiger partial charge < -0.3 is 14.2 Å². The zero-order valence-corrected chi connectivity index (χ0v) is 13.5. The Morgan fingerprint density at radius 1 is 1.18 bits per heavy atom. The molecule has 1 heterocycles. The number of carbonyl (C=O) groups excluding carboxylic acids is 2. The van der Waals surface area contributed by atoms with Crippen molar-refractivity contribution in [1.29, 1.82) is 0 Å². The van der Waals surface area contributed by atoms with E-state index < -0.39 is 18.0 Å². The van der Waals surface area contributed by atoms with E-state index in [4.69, 9.17) is 14.2 Å². The maximum absolute atomic E-state index is 12.1. The Labute approximate surface area is 135 Å². The molecule has 0 N–H and O–H groups in total. The van der Waals surface area contributed by atoms with E-state index in [0.717, 1.165) is 15.6 Å². The van der Waals surface area contributed by atoms with Gasteiger partial charge in [0, 0.05) is 10.0 Å². The van der Waals surface area contributed by atoms with Crippen molar-refractivity contribution in [3.63, 3.8) is 0 Å². The summed E-state index contributed by atoms with van der Waals surface area (Å²) in [5.41, 5.74) is 2.09. The van der Waals surface area contributed by atoms with Crippen molar-refractivity contribution in [3.05, 3.63) is 51.2 Å². The van der Waals surface area contributed by atoms with Crippen molar-refractivity contribution in [2.45, 2.75) is 6.10 Å². The highest BCUT2D eigenvalue weighted by Gasteiger charge is 2.45. The van der Waals surface area contributed by atoms with Gasteiger partial charge in [0.25, 0.3) is 0 Å². The third-order valence-corrected chi connectivity index (χ3v) is 4.26. The molecule has 0 unspecified atom stereocenters. The number of methoxy groups -OCH3 is 2. The highest BCUT2D eigenvalue weighted by atomic mass is 79.9. The normalized spacial score (nSPS) is 21.8. The number of benzene rings is 1. The minimum Gasteiger partial charge on any atom is -0.477 e. The summed E-state index contributed by atoms with van der Waals surface area (Å²) < 4.78 is 16.2. The second-order valence-corrected chi connectivity index (χ2v) is 5.84. The maximum atomic E-state index is 12.1. The van der Waals surface area contributed by atoms with Crippen LogP contribution in [0.2, 0.25) is 0 Å². The van der Waals surface area contributed by atoms with E-state index in [9.17, 15) is 9.59 Å². The fraction of sp³-hybridized carbons (Fsp3) is 0.250. The molecule has 0 bridgehead atoms. The second kappa shape index (κ2) is 5.61. The number of hydrogen-bond donors (Lipinski definition) is 0. The molecule has 5 nitrogen and oxygen atoms in total. The van der Waals surface area contributed by atoms with Gasteiger partial charge in [-0.25, -0.2) is 9.59 Å². The van der Waals surface area contributed by atoms with Crippen LogP contribution in [0.15, 0.2) is 40.1 Å². The molecular formula is C16H13BrO5. The van der Waals surface area contributed by atoms with Gasteiger partial charge in [0.1, 0.15) is 6.10 Å². The minimum absolute atomic E-state index is 0.0789. The number of rotatable bonds is 2. The lowest BCUT2D eigenvalue weighted by atomic mass is 9.83. The number of esters is 2. The first-order valence-corrected chi connectivity index (χ1v) is 7.41. The average Bonchev–Trinajstić information content (AvgIpc) is 2.92. The zero-order valence-electron chi connectivity index (χ0n) is 12.0. The van der Waals surface area contributed by atoms with Crippen molar-refractivity contribution in [2.75, 3.05) is 14.2 Å². The lowest BCUT2D eigenvalue weighted by Crippen LogP contribution is -2.18. The van der Waals surface area contributed by atoms with Crippen LogP contribution in [0.4, 0.5) is 0 Å². The molecule has 0 aromatic heterocycles. The molecular weight excluding hydrogens is 352 g/mol. The van der Waals surface area contributed by atoms with Crippen LogP contribution in [0.5, 0.6) is 0 Å². The summed E-state index contributed by atoms with van der Waals surface area (Å²) in [6, 6.07) is 5.77. The molecule has 0 fully saturated rings. The van der Waals surface area contributed by atoms with Crippen LogP contribution in [0, 0.1) is 5.92 Å². The van der Waals surface area contributed by atoms with E-state index in [1.54, 1.807) is 0 Å². The lowest BCUT2D eigenvalue weighted by Gasteiger charge is -2.24. The van der Waals surface area contributed by atoms with E-state index in [1.165, 1.54) is 14.2 Å². The van der Waals surface area contributed by atoms with Gasteiger partial charge in [-0.05, 0) is 17.7 Å².